The fourth-order valence-electron chi connectivity index (χ4n) is 3.25. The van der Waals surface area contributed by atoms with Crippen LogP contribution < -0.4 is 20.7 Å². The van der Waals surface area contributed by atoms with Crippen LogP contribution in [0.3, 0.4) is 0 Å². The lowest BCUT2D eigenvalue weighted by molar-refractivity contribution is 0.0513. The molecule has 0 heterocycles. The maximum absolute atomic E-state index is 6.05. The highest BCUT2D eigenvalue weighted by atomic mass is 31.1. The third-order valence-corrected chi connectivity index (χ3v) is 5.97. The molecule has 1 N–H and O–H groups in total. The Labute approximate surface area is 169 Å². The van der Waals surface area contributed by atoms with Crippen molar-refractivity contribution in [3.63, 3.8) is 0 Å². The summed E-state index contributed by atoms with van der Waals surface area (Å²) < 4.78 is 11.3. The van der Waals surface area contributed by atoms with Crippen LogP contribution in [0, 0.1) is 6.92 Å². The van der Waals surface area contributed by atoms with Gasteiger partial charge in [0.1, 0.15) is 5.75 Å². The fraction of sp³-hybridized carbons (Fsp3) is 0.250. The minimum Gasteiger partial charge on any atom is -0.467 e. The Hall–Kier alpha value is -2.19. The van der Waals surface area contributed by atoms with Crippen LogP contribution >= 0.6 is 8.58 Å². The molecule has 1 unspecified atom stereocenters. The molecule has 0 amide bonds. The number of para-hydroxylation sites is 1. The molecule has 0 fully saturated rings. The van der Waals surface area contributed by atoms with E-state index in [1.807, 2.05) is 13.1 Å². The van der Waals surface area contributed by atoms with Crippen LogP contribution in [0.2, 0.25) is 0 Å². The van der Waals surface area contributed by atoms with Crippen molar-refractivity contribution >= 4 is 19.2 Å². The van der Waals surface area contributed by atoms with E-state index in [4.69, 9.17) is 9.47 Å². The molecule has 0 bridgehead atoms. The number of benzene rings is 3. The van der Waals surface area contributed by atoms with Gasteiger partial charge in [0.05, 0.1) is 0 Å². The molecule has 0 saturated carbocycles. The molecule has 0 radical (unpaired) electrons. The summed E-state index contributed by atoms with van der Waals surface area (Å²) >= 11 is 0. The van der Waals surface area contributed by atoms with Gasteiger partial charge in [-0.25, -0.2) is 0 Å². The number of hydrogen-bond donors (Lipinski definition) is 1. The standard InChI is InChI=1S/C24H28NO2P/c1-18-12-13-22(21(14-18)16-25-2)28-23-11-7-10-20(24(23)27-17-26-3)15-19-8-5-4-6-9-19/h4-14,25,28H,15-17H2,1-3H3. The van der Waals surface area contributed by atoms with Gasteiger partial charge in [0.25, 0.3) is 0 Å². The average molecular weight is 393 g/mol. The lowest BCUT2D eigenvalue weighted by Gasteiger charge is -2.17. The van der Waals surface area contributed by atoms with E-state index in [0.29, 0.717) is 8.58 Å². The molecular formula is C24H28NO2P. The predicted molar refractivity (Wildman–Crippen MR) is 120 cm³/mol. The Kier molecular flexibility index (Phi) is 7.62. The van der Waals surface area contributed by atoms with Gasteiger partial charge < -0.3 is 14.8 Å². The number of nitrogens with one attached hydrogen (secondary N) is 1. The molecule has 28 heavy (non-hydrogen) atoms. The third kappa shape index (κ3) is 5.42. The Balaban J connectivity index is 1.95. The minimum absolute atomic E-state index is 0.251. The van der Waals surface area contributed by atoms with E-state index in [0.717, 1.165) is 18.7 Å². The first-order valence-electron chi connectivity index (χ1n) is 9.50. The summed E-state index contributed by atoms with van der Waals surface area (Å²) in [5, 5.41) is 5.84. The Morgan fingerprint density at radius 1 is 0.893 bits per heavy atom. The molecule has 3 nitrogen and oxygen atoms in total. The molecule has 3 aromatic carbocycles. The first kappa shape index (κ1) is 20.5. The number of hydrogen-bond acceptors (Lipinski definition) is 3. The number of aryl methyl sites for hydroxylation is 1. The zero-order valence-electron chi connectivity index (χ0n) is 16.8. The topological polar surface area (TPSA) is 30.5 Å². The second-order valence-corrected chi connectivity index (χ2v) is 8.15. The summed E-state index contributed by atoms with van der Waals surface area (Å²) in [6, 6.07) is 23.6. The molecule has 0 spiro atoms. The van der Waals surface area contributed by atoms with Crippen LogP contribution in [0.4, 0.5) is 0 Å². The van der Waals surface area contributed by atoms with Crippen molar-refractivity contribution in [3.05, 3.63) is 89.0 Å². The maximum Gasteiger partial charge on any atom is 0.188 e. The first-order valence-corrected chi connectivity index (χ1v) is 10.5. The minimum atomic E-state index is 0.251. The highest BCUT2D eigenvalue weighted by Crippen LogP contribution is 2.27. The molecule has 146 valence electrons. The Bertz CT molecular complexity index is 896. The van der Waals surface area contributed by atoms with Gasteiger partial charge in [-0.3, -0.25) is 0 Å². The molecule has 1 atom stereocenters. The number of methoxy groups -OCH3 is 1. The van der Waals surface area contributed by atoms with Crippen molar-refractivity contribution in [2.75, 3.05) is 21.0 Å². The quantitative estimate of drug-likeness (QED) is 0.442. The van der Waals surface area contributed by atoms with E-state index in [2.05, 4.69) is 72.9 Å². The van der Waals surface area contributed by atoms with Crippen molar-refractivity contribution in [2.45, 2.75) is 19.9 Å². The summed E-state index contributed by atoms with van der Waals surface area (Å²) in [6.07, 6.45) is 0.843. The van der Waals surface area contributed by atoms with Crippen LogP contribution in [0.5, 0.6) is 5.75 Å². The van der Waals surface area contributed by atoms with Crippen LogP contribution in [0.25, 0.3) is 0 Å². The van der Waals surface area contributed by atoms with E-state index < -0.39 is 0 Å². The predicted octanol–water partition coefficient (Wildman–Crippen LogP) is 3.92. The van der Waals surface area contributed by atoms with Gasteiger partial charge in [0.15, 0.2) is 6.79 Å². The van der Waals surface area contributed by atoms with E-state index >= 15 is 0 Å². The van der Waals surface area contributed by atoms with Crippen LogP contribution in [-0.4, -0.2) is 21.0 Å². The van der Waals surface area contributed by atoms with E-state index in [1.54, 1.807) is 7.11 Å². The van der Waals surface area contributed by atoms with Crippen molar-refractivity contribution < 1.29 is 9.47 Å². The summed E-state index contributed by atoms with van der Waals surface area (Å²) in [5.41, 5.74) is 5.09. The van der Waals surface area contributed by atoms with Gasteiger partial charge in [0, 0.05) is 25.4 Å². The van der Waals surface area contributed by atoms with Gasteiger partial charge in [-0.05, 0) is 36.0 Å². The Morgan fingerprint density at radius 2 is 1.71 bits per heavy atom. The van der Waals surface area contributed by atoms with Gasteiger partial charge >= 0.3 is 0 Å². The summed E-state index contributed by atoms with van der Waals surface area (Å²) in [4.78, 5) is 0. The van der Waals surface area contributed by atoms with Crippen molar-refractivity contribution in [2.24, 2.45) is 0 Å². The molecule has 0 aliphatic carbocycles. The molecule has 3 aromatic rings. The van der Waals surface area contributed by atoms with Gasteiger partial charge in [-0.2, -0.15) is 0 Å². The molecular weight excluding hydrogens is 365 g/mol. The van der Waals surface area contributed by atoms with Crippen molar-refractivity contribution in [3.8, 4) is 5.75 Å². The van der Waals surface area contributed by atoms with Crippen molar-refractivity contribution in [1.29, 1.82) is 0 Å². The number of ether oxygens (including phenoxy) is 2. The van der Waals surface area contributed by atoms with Gasteiger partial charge in [0.2, 0.25) is 0 Å². The number of rotatable bonds is 9. The molecule has 0 aliphatic rings. The van der Waals surface area contributed by atoms with E-state index in [9.17, 15) is 0 Å². The molecule has 3 rings (SSSR count). The zero-order chi connectivity index (χ0) is 19.8. The van der Waals surface area contributed by atoms with E-state index in [1.165, 1.54) is 32.9 Å². The zero-order valence-corrected chi connectivity index (χ0v) is 17.8. The van der Waals surface area contributed by atoms with Crippen molar-refractivity contribution in [1.82, 2.24) is 5.32 Å². The fourth-order valence-corrected chi connectivity index (χ4v) is 4.56. The highest BCUT2D eigenvalue weighted by molar-refractivity contribution is 7.55. The smallest absolute Gasteiger partial charge is 0.188 e. The summed E-state index contributed by atoms with van der Waals surface area (Å²) in [5.74, 6) is 0.947. The van der Waals surface area contributed by atoms with Gasteiger partial charge in [-0.15, -0.1) is 0 Å². The summed E-state index contributed by atoms with van der Waals surface area (Å²) in [7, 11) is 4.18. The lowest BCUT2D eigenvalue weighted by Crippen LogP contribution is -2.17. The van der Waals surface area contributed by atoms with Crippen LogP contribution in [0.15, 0.2) is 66.7 Å². The SMILES string of the molecule is CNCc1cc(C)ccc1Pc1cccc(Cc2ccccc2)c1OCOC. The maximum atomic E-state index is 6.05. The first-order chi connectivity index (χ1) is 13.7. The second kappa shape index (κ2) is 10.4. The normalized spacial score (nSPS) is 11.2. The van der Waals surface area contributed by atoms with Gasteiger partial charge in [-0.1, -0.05) is 80.9 Å². The van der Waals surface area contributed by atoms with Crippen LogP contribution in [0.1, 0.15) is 22.3 Å². The summed E-state index contributed by atoms with van der Waals surface area (Å²) in [6.45, 7) is 3.25. The van der Waals surface area contributed by atoms with Crippen LogP contribution in [-0.2, 0) is 17.7 Å². The monoisotopic (exact) mass is 393 g/mol. The molecule has 4 heteroatoms. The second-order valence-electron chi connectivity index (χ2n) is 6.82. The largest absolute Gasteiger partial charge is 0.467 e. The molecule has 0 aliphatic heterocycles. The highest BCUT2D eigenvalue weighted by Gasteiger charge is 2.13. The average Bonchev–Trinajstić information content (AvgIpc) is 2.70. The molecule has 0 aromatic heterocycles. The lowest BCUT2D eigenvalue weighted by atomic mass is 10.0. The van der Waals surface area contributed by atoms with E-state index in [-0.39, 0.29) is 6.79 Å². The molecule has 0 saturated heterocycles. The Morgan fingerprint density at radius 3 is 2.46 bits per heavy atom. The third-order valence-electron chi connectivity index (χ3n) is 4.55.